The standard InChI is InChI=1S/C22H34N2O6Si/c1-6-9-29-22(26)20-19-16-12-14(25)7-8-15(16)17(13-18(19)23-28-2)21(20)24(27)30-10-11-31(3,4)5/h7-8,12,17,19-21,24-25H,6,9-11,13H2,1-5H3/b23-18+/t17?,19-,20?,21-/m1/s1. The van der Waals surface area contributed by atoms with Crippen LogP contribution in [-0.4, -0.2) is 51.2 Å². The van der Waals surface area contributed by atoms with Gasteiger partial charge in [-0.1, -0.05) is 37.8 Å². The Morgan fingerprint density at radius 3 is 2.68 bits per heavy atom. The van der Waals surface area contributed by atoms with Crippen LogP contribution in [0.1, 0.15) is 42.7 Å². The number of oxime groups is 1. The number of rotatable bonds is 9. The summed E-state index contributed by atoms with van der Waals surface area (Å²) in [5, 5.41) is 27.2. The molecule has 9 heteroatoms. The van der Waals surface area contributed by atoms with Crippen molar-refractivity contribution in [2.75, 3.05) is 20.3 Å². The maximum absolute atomic E-state index is 13.3. The third-order valence-electron chi connectivity index (χ3n) is 6.07. The van der Waals surface area contributed by atoms with E-state index in [0.717, 1.165) is 17.2 Å². The molecular formula is C22H34N2O6Si. The molecule has 3 aliphatic carbocycles. The molecule has 0 spiro atoms. The predicted molar refractivity (Wildman–Crippen MR) is 120 cm³/mol. The molecule has 2 N–H and O–H groups in total. The van der Waals surface area contributed by atoms with Gasteiger partial charge in [-0.3, -0.25) is 4.79 Å². The smallest absolute Gasteiger partial charge is 0.316 e. The minimum absolute atomic E-state index is 0.109. The summed E-state index contributed by atoms with van der Waals surface area (Å²) in [5.41, 5.74) is 2.44. The van der Waals surface area contributed by atoms with Crippen LogP contribution in [0.4, 0.5) is 0 Å². The summed E-state index contributed by atoms with van der Waals surface area (Å²) in [6.07, 6.45) is 1.19. The van der Waals surface area contributed by atoms with Crippen LogP contribution in [0.5, 0.6) is 5.75 Å². The lowest BCUT2D eigenvalue weighted by atomic mass is 9.58. The Kier molecular flexibility index (Phi) is 7.41. The monoisotopic (exact) mass is 450 g/mol. The molecule has 0 heterocycles. The number of hydroxylamine groups is 2. The number of nitrogens with zero attached hydrogens (tertiary/aromatic N) is 1. The highest BCUT2D eigenvalue weighted by molar-refractivity contribution is 6.76. The van der Waals surface area contributed by atoms with Gasteiger partial charge in [0.15, 0.2) is 0 Å². The van der Waals surface area contributed by atoms with Crippen molar-refractivity contribution in [3.05, 3.63) is 34.5 Å². The highest BCUT2D eigenvalue weighted by Gasteiger charge is 2.58. The first kappa shape index (κ1) is 23.7. The van der Waals surface area contributed by atoms with Crippen molar-refractivity contribution in [1.29, 1.82) is 0 Å². The van der Waals surface area contributed by atoms with Crippen LogP contribution < -0.4 is 5.23 Å². The normalized spacial score (nSPS) is 27.1. The second kappa shape index (κ2) is 9.68. The van der Waals surface area contributed by atoms with E-state index in [1.807, 2.05) is 13.0 Å². The Hall–Kier alpha value is -1.94. The molecule has 5 atom stereocenters. The first-order valence-electron chi connectivity index (χ1n) is 10.9. The van der Waals surface area contributed by atoms with Gasteiger partial charge in [-0.05, 0) is 35.7 Å². The van der Waals surface area contributed by atoms with Crippen molar-refractivity contribution < 1.29 is 29.5 Å². The van der Waals surface area contributed by atoms with E-state index in [1.165, 1.54) is 7.11 Å². The summed E-state index contributed by atoms with van der Waals surface area (Å²) in [6.45, 7) is 9.25. The fourth-order valence-corrected chi connectivity index (χ4v) is 5.36. The number of aromatic hydroxyl groups is 1. The lowest BCUT2D eigenvalue weighted by Crippen LogP contribution is -3.13. The summed E-state index contributed by atoms with van der Waals surface area (Å²) < 4.78 is 5.50. The van der Waals surface area contributed by atoms with E-state index in [2.05, 4.69) is 24.8 Å². The van der Waals surface area contributed by atoms with Gasteiger partial charge in [-0.25, -0.2) is 10.1 Å². The molecule has 0 amide bonds. The molecule has 2 bridgehead atoms. The minimum Gasteiger partial charge on any atom is -0.600 e. The predicted octanol–water partition coefficient (Wildman–Crippen LogP) is 2.57. The van der Waals surface area contributed by atoms with E-state index < -0.39 is 31.9 Å². The van der Waals surface area contributed by atoms with Crippen LogP contribution in [0.2, 0.25) is 25.7 Å². The van der Waals surface area contributed by atoms with Crippen molar-refractivity contribution in [2.45, 2.75) is 63.3 Å². The maximum Gasteiger partial charge on any atom is 0.316 e. The average Bonchev–Trinajstić information content (AvgIpc) is 2.70. The van der Waals surface area contributed by atoms with Gasteiger partial charge < -0.3 is 19.9 Å². The van der Waals surface area contributed by atoms with Gasteiger partial charge in [0.05, 0.1) is 12.3 Å². The van der Waals surface area contributed by atoms with Crippen molar-refractivity contribution in [2.24, 2.45) is 11.1 Å². The molecule has 0 saturated heterocycles. The van der Waals surface area contributed by atoms with Gasteiger partial charge in [-0.2, -0.15) is 0 Å². The number of fused-ring (bicyclic) bond motifs is 2. The van der Waals surface area contributed by atoms with Crippen LogP contribution >= 0.6 is 0 Å². The lowest BCUT2D eigenvalue weighted by molar-refractivity contribution is -1.07. The Balaban J connectivity index is 1.99. The topological polar surface area (TPSA) is 105 Å². The molecule has 0 aliphatic heterocycles. The van der Waals surface area contributed by atoms with Crippen LogP contribution in [0.3, 0.4) is 0 Å². The maximum atomic E-state index is 13.3. The number of phenolic OH excluding ortho intramolecular Hbond substituents is 1. The number of hydrogen-bond donors (Lipinski definition) is 2. The molecular weight excluding hydrogens is 416 g/mol. The Morgan fingerprint density at radius 2 is 2.03 bits per heavy atom. The number of phenols is 1. The van der Waals surface area contributed by atoms with E-state index in [-0.39, 0.29) is 23.5 Å². The third-order valence-corrected chi connectivity index (χ3v) is 7.77. The van der Waals surface area contributed by atoms with E-state index in [1.54, 1.807) is 12.1 Å². The van der Waals surface area contributed by atoms with Gasteiger partial charge >= 0.3 is 5.97 Å². The molecule has 3 aliphatic rings. The molecule has 0 aromatic heterocycles. The molecule has 1 saturated carbocycles. The Morgan fingerprint density at radius 1 is 1.29 bits per heavy atom. The third kappa shape index (κ3) is 5.11. The summed E-state index contributed by atoms with van der Waals surface area (Å²) in [4.78, 5) is 23.9. The summed E-state index contributed by atoms with van der Waals surface area (Å²) in [6, 6.07) is 5.33. The first-order chi connectivity index (χ1) is 14.7. The van der Waals surface area contributed by atoms with E-state index in [4.69, 9.17) is 14.4 Å². The molecule has 4 rings (SSSR count). The number of nitrogens with one attached hydrogen (secondary N) is 1. The Bertz CT molecular complexity index is 825. The number of ether oxygens (including phenoxy) is 1. The minimum atomic E-state index is -1.36. The summed E-state index contributed by atoms with van der Waals surface area (Å²) in [5.74, 6) is -1.86. The second-order valence-electron chi connectivity index (χ2n) is 9.56. The fraction of sp³-hybridized carbons (Fsp3) is 0.636. The van der Waals surface area contributed by atoms with Crippen LogP contribution in [0.25, 0.3) is 0 Å². The van der Waals surface area contributed by atoms with Gasteiger partial charge in [0.25, 0.3) is 0 Å². The number of carbonyl (C=O) groups excluding carboxylic acids is 1. The van der Waals surface area contributed by atoms with Crippen molar-refractivity contribution in [3.63, 3.8) is 0 Å². The summed E-state index contributed by atoms with van der Waals surface area (Å²) >= 11 is 0. The highest BCUT2D eigenvalue weighted by atomic mass is 28.3. The Labute approximate surface area is 184 Å². The van der Waals surface area contributed by atoms with Gasteiger partial charge in [0, 0.05) is 26.3 Å². The zero-order chi connectivity index (χ0) is 22.8. The van der Waals surface area contributed by atoms with E-state index in [0.29, 0.717) is 25.2 Å². The van der Waals surface area contributed by atoms with Crippen molar-refractivity contribution in [3.8, 4) is 5.75 Å². The zero-order valence-corrected chi connectivity index (χ0v) is 20.0. The number of esters is 1. The molecule has 3 unspecified atom stereocenters. The molecule has 0 radical (unpaired) electrons. The largest absolute Gasteiger partial charge is 0.600 e. The molecule has 8 nitrogen and oxygen atoms in total. The number of quaternary nitrogens is 1. The van der Waals surface area contributed by atoms with Crippen molar-refractivity contribution >= 4 is 19.8 Å². The molecule has 31 heavy (non-hydrogen) atoms. The van der Waals surface area contributed by atoms with Crippen molar-refractivity contribution in [1.82, 2.24) is 0 Å². The average molecular weight is 451 g/mol. The van der Waals surface area contributed by atoms with Crippen LogP contribution in [0.15, 0.2) is 23.4 Å². The first-order valence-corrected chi connectivity index (χ1v) is 14.6. The highest BCUT2D eigenvalue weighted by Crippen LogP contribution is 2.51. The van der Waals surface area contributed by atoms with Crippen LogP contribution in [-0.2, 0) is 19.2 Å². The zero-order valence-electron chi connectivity index (χ0n) is 19.0. The van der Waals surface area contributed by atoms with Gasteiger partial charge in [0.1, 0.15) is 31.4 Å². The second-order valence-corrected chi connectivity index (χ2v) is 15.2. The number of benzene rings is 1. The SMILES string of the molecule is CCCOC(=O)C1[C@H]([NH+]([O-])OCC[Si](C)(C)C)C2C/C(=N\OC)[C@H]1c1cc(O)ccc12. The van der Waals surface area contributed by atoms with E-state index >= 15 is 0 Å². The quantitative estimate of drug-likeness (QED) is 0.340. The molecule has 1 aromatic carbocycles. The van der Waals surface area contributed by atoms with E-state index in [9.17, 15) is 15.1 Å². The fourth-order valence-electron chi connectivity index (χ4n) is 4.65. The molecule has 172 valence electrons. The number of carbonyl (C=O) groups is 1. The van der Waals surface area contributed by atoms with Gasteiger partial charge in [-0.15, -0.1) is 0 Å². The van der Waals surface area contributed by atoms with Crippen LogP contribution in [0, 0.1) is 11.1 Å². The summed E-state index contributed by atoms with van der Waals surface area (Å²) in [7, 11) is 0.0990. The lowest BCUT2D eigenvalue weighted by Gasteiger charge is -2.49. The van der Waals surface area contributed by atoms with Gasteiger partial charge in [0.2, 0.25) is 0 Å². The molecule has 1 aromatic rings. The number of hydrogen-bond acceptors (Lipinski definition) is 7. The molecule has 1 fully saturated rings.